The van der Waals surface area contributed by atoms with Crippen LogP contribution in [0, 0.1) is 0 Å². The molecule has 3 rings (SSSR count). The van der Waals surface area contributed by atoms with Crippen LogP contribution >= 0.6 is 0 Å². The SMILES string of the molecule is O=C(OC[C@H]1O[C@@H](O)C(O)[C@@H]1OC(=O)c1ccccc1)c1ccccc1. The third-order valence-electron chi connectivity index (χ3n) is 3.95. The van der Waals surface area contributed by atoms with E-state index in [1.807, 2.05) is 0 Å². The van der Waals surface area contributed by atoms with Crippen molar-refractivity contribution >= 4 is 11.9 Å². The number of carbonyl (C=O) groups excluding carboxylic acids is 2. The topological polar surface area (TPSA) is 102 Å². The second-order valence-electron chi connectivity index (χ2n) is 5.76. The van der Waals surface area contributed by atoms with Gasteiger partial charge in [-0.2, -0.15) is 0 Å². The number of aliphatic hydroxyl groups excluding tert-OH is 2. The van der Waals surface area contributed by atoms with Gasteiger partial charge in [0.2, 0.25) is 0 Å². The van der Waals surface area contributed by atoms with Gasteiger partial charge in [0.25, 0.3) is 0 Å². The molecular weight excluding hydrogens is 340 g/mol. The number of hydrogen-bond donors (Lipinski definition) is 2. The normalized spacial score (nSPS) is 24.8. The Balaban J connectivity index is 1.63. The summed E-state index contributed by atoms with van der Waals surface area (Å²) in [6.07, 6.45) is -5.13. The highest BCUT2D eigenvalue weighted by Gasteiger charge is 2.46. The molecule has 0 aliphatic carbocycles. The van der Waals surface area contributed by atoms with E-state index in [9.17, 15) is 19.8 Å². The Kier molecular flexibility index (Phi) is 5.62. The van der Waals surface area contributed by atoms with E-state index >= 15 is 0 Å². The van der Waals surface area contributed by atoms with Gasteiger partial charge in [-0.05, 0) is 24.3 Å². The van der Waals surface area contributed by atoms with Gasteiger partial charge >= 0.3 is 11.9 Å². The number of esters is 2. The Morgan fingerprint density at radius 3 is 2.00 bits per heavy atom. The summed E-state index contributed by atoms with van der Waals surface area (Å²) in [6.45, 7) is -0.283. The minimum atomic E-state index is -1.54. The molecule has 7 nitrogen and oxygen atoms in total. The van der Waals surface area contributed by atoms with Crippen molar-refractivity contribution in [3.05, 3.63) is 71.8 Å². The van der Waals surface area contributed by atoms with Gasteiger partial charge in [-0.15, -0.1) is 0 Å². The molecule has 1 saturated heterocycles. The first-order valence-corrected chi connectivity index (χ1v) is 8.06. The maximum absolute atomic E-state index is 12.2. The molecule has 26 heavy (non-hydrogen) atoms. The first-order chi connectivity index (χ1) is 12.6. The summed E-state index contributed by atoms with van der Waals surface area (Å²) in [7, 11) is 0. The van der Waals surface area contributed by atoms with Crippen molar-refractivity contribution in [1.82, 2.24) is 0 Å². The lowest BCUT2D eigenvalue weighted by molar-refractivity contribution is -0.133. The fraction of sp³-hybridized carbons (Fsp3) is 0.263. The van der Waals surface area contributed by atoms with Crippen LogP contribution in [-0.4, -0.2) is 53.4 Å². The zero-order chi connectivity index (χ0) is 18.5. The van der Waals surface area contributed by atoms with Gasteiger partial charge in [0.15, 0.2) is 12.4 Å². The lowest BCUT2D eigenvalue weighted by Gasteiger charge is -2.20. The molecule has 136 valence electrons. The molecule has 0 bridgehead atoms. The van der Waals surface area contributed by atoms with Crippen molar-refractivity contribution in [2.24, 2.45) is 0 Å². The van der Waals surface area contributed by atoms with E-state index < -0.39 is 36.5 Å². The van der Waals surface area contributed by atoms with E-state index in [0.29, 0.717) is 11.1 Å². The molecule has 2 aromatic rings. The first kappa shape index (κ1) is 18.1. The quantitative estimate of drug-likeness (QED) is 0.773. The Hall–Kier alpha value is -2.74. The average Bonchev–Trinajstić information content (AvgIpc) is 2.95. The fourth-order valence-corrected chi connectivity index (χ4v) is 2.58. The first-order valence-electron chi connectivity index (χ1n) is 8.06. The highest BCUT2D eigenvalue weighted by molar-refractivity contribution is 5.90. The Labute approximate surface area is 149 Å². The molecule has 0 spiro atoms. The molecule has 4 atom stereocenters. The van der Waals surface area contributed by atoms with E-state index in [1.54, 1.807) is 60.7 Å². The number of aliphatic hydroxyl groups is 2. The van der Waals surface area contributed by atoms with Crippen LogP contribution in [0.4, 0.5) is 0 Å². The Morgan fingerprint density at radius 2 is 1.42 bits per heavy atom. The van der Waals surface area contributed by atoms with Gasteiger partial charge in [-0.1, -0.05) is 36.4 Å². The van der Waals surface area contributed by atoms with Crippen LogP contribution in [0.1, 0.15) is 20.7 Å². The maximum atomic E-state index is 12.2. The second-order valence-corrected chi connectivity index (χ2v) is 5.76. The lowest BCUT2D eigenvalue weighted by Crippen LogP contribution is -2.39. The fourth-order valence-electron chi connectivity index (χ4n) is 2.58. The van der Waals surface area contributed by atoms with Gasteiger partial charge in [-0.25, -0.2) is 9.59 Å². The third kappa shape index (κ3) is 4.08. The molecule has 1 aliphatic rings. The van der Waals surface area contributed by atoms with Crippen LogP contribution in [0.25, 0.3) is 0 Å². The zero-order valence-corrected chi connectivity index (χ0v) is 13.7. The van der Waals surface area contributed by atoms with Crippen LogP contribution in [-0.2, 0) is 14.2 Å². The van der Waals surface area contributed by atoms with Crippen molar-refractivity contribution in [3.63, 3.8) is 0 Å². The molecule has 1 heterocycles. The molecule has 0 saturated carbocycles. The van der Waals surface area contributed by atoms with E-state index in [2.05, 4.69) is 0 Å². The van der Waals surface area contributed by atoms with Crippen LogP contribution in [0.2, 0.25) is 0 Å². The van der Waals surface area contributed by atoms with E-state index in [1.165, 1.54) is 0 Å². The van der Waals surface area contributed by atoms with Crippen molar-refractivity contribution in [3.8, 4) is 0 Å². The molecule has 2 N–H and O–H groups in total. The molecule has 1 fully saturated rings. The highest BCUT2D eigenvalue weighted by Crippen LogP contribution is 2.24. The van der Waals surface area contributed by atoms with Crippen molar-refractivity contribution in [2.75, 3.05) is 6.61 Å². The predicted molar refractivity (Wildman–Crippen MR) is 89.3 cm³/mol. The standard InChI is InChI=1S/C19H18O7/c20-15-16(26-18(22)13-9-5-2-6-10-13)14(25-19(15)23)11-24-17(21)12-7-3-1-4-8-12/h1-10,14-16,19-20,23H,11H2/t14-,15?,16-,19-/m1/s1. The number of hydrogen-bond acceptors (Lipinski definition) is 7. The van der Waals surface area contributed by atoms with E-state index in [-0.39, 0.29) is 6.61 Å². The largest absolute Gasteiger partial charge is 0.459 e. The summed E-state index contributed by atoms with van der Waals surface area (Å²) in [5, 5.41) is 19.7. The van der Waals surface area contributed by atoms with Gasteiger partial charge in [0.05, 0.1) is 11.1 Å². The number of ether oxygens (including phenoxy) is 3. The van der Waals surface area contributed by atoms with Crippen molar-refractivity contribution < 1.29 is 34.0 Å². The molecule has 1 aliphatic heterocycles. The van der Waals surface area contributed by atoms with E-state index in [0.717, 1.165) is 0 Å². The highest BCUT2D eigenvalue weighted by atomic mass is 16.7. The van der Waals surface area contributed by atoms with Gasteiger partial charge in [0.1, 0.15) is 18.8 Å². The third-order valence-corrected chi connectivity index (χ3v) is 3.95. The van der Waals surface area contributed by atoms with Crippen LogP contribution < -0.4 is 0 Å². The molecular formula is C19H18O7. The molecule has 2 aromatic carbocycles. The molecule has 0 amide bonds. The summed E-state index contributed by atoms with van der Waals surface area (Å²) in [5.41, 5.74) is 0.644. The van der Waals surface area contributed by atoms with Gasteiger partial charge < -0.3 is 24.4 Å². The average molecular weight is 358 g/mol. The van der Waals surface area contributed by atoms with Gasteiger partial charge in [-0.3, -0.25) is 0 Å². The molecule has 0 aromatic heterocycles. The van der Waals surface area contributed by atoms with E-state index in [4.69, 9.17) is 14.2 Å². The summed E-state index contributed by atoms with van der Waals surface area (Å²) >= 11 is 0. The number of benzene rings is 2. The predicted octanol–water partition coefficient (Wildman–Crippen LogP) is 1.15. The monoisotopic (exact) mass is 358 g/mol. The maximum Gasteiger partial charge on any atom is 0.338 e. The van der Waals surface area contributed by atoms with Crippen molar-refractivity contribution in [2.45, 2.75) is 24.6 Å². The van der Waals surface area contributed by atoms with Crippen LogP contribution in [0.3, 0.4) is 0 Å². The van der Waals surface area contributed by atoms with Crippen molar-refractivity contribution in [1.29, 1.82) is 0 Å². The zero-order valence-electron chi connectivity index (χ0n) is 13.7. The lowest BCUT2D eigenvalue weighted by atomic mass is 10.1. The Bertz CT molecular complexity index is 747. The van der Waals surface area contributed by atoms with Crippen LogP contribution in [0.15, 0.2) is 60.7 Å². The smallest absolute Gasteiger partial charge is 0.338 e. The molecule has 0 radical (unpaired) electrons. The Morgan fingerprint density at radius 1 is 0.885 bits per heavy atom. The summed E-state index contributed by atoms with van der Waals surface area (Å²) in [4.78, 5) is 24.2. The number of carbonyl (C=O) groups is 2. The summed E-state index contributed by atoms with van der Waals surface area (Å²) in [6, 6.07) is 16.6. The van der Waals surface area contributed by atoms with Crippen LogP contribution in [0.5, 0.6) is 0 Å². The second kappa shape index (κ2) is 8.09. The molecule has 7 heteroatoms. The minimum Gasteiger partial charge on any atom is -0.459 e. The number of rotatable bonds is 5. The minimum absolute atomic E-state index is 0.283. The summed E-state index contributed by atoms with van der Waals surface area (Å²) in [5.74, 6) is -1.26. The molecule has 1 unspecified atom stereocenters. The summed E-state index contributed by atoms with van der Waals surface area (Å²) < 4.78 is 15.6. The van der Waals surface area contributed by atoms with Gasteiger partial charge in [0, 0.05) is 0 Å².